The minimum atomic E-state index is 0.475. The summed E-state index contributed by atoms with van der Waals surface area (Å²) in [6.07, 6.45) is 17.5. The smallest absolute Gasteiger partial charge is 0.0825 e. The number of allylic oxidation sites excluding steroid dienone is 6. The van der Waals surface area contributed by atoms with Crippen molar-refractivity contribution >= 4 is 0 Å². The van der Waals surface area contributed by atoms with E-state index in [0.717, 1.165) is 43.6 Å². The lowest BCUT2D eigenvalue weighted by Crippen LogP contribution is -2.56. The summed E-state index contributed by atoms with van der Waals surface area (Å²) in [5.41, 5.74) is 2.72. The highest BCUT2D eigenvalue weighted by Crippen LogP contribution is 2.35. The lowest BCUT2D eigenvalue weighted by molar-refractivity contribution is -0.0587. The molecule has 2 rings (SSSR count). The van der Waals surface area contributed by atoms with E-state index in [9.17, 15) is 0 Å². The maximum Gasteiger partial charge on any atom is 0.0825 e. The van der Waals surface area contributed by atoms with Gasteiger partial charge in [0.1, 0.15) is 0 Å². The van der Waals surface area contributed by atoms with E-state index in [4.69, 9.17) is 4.74 Å². The average molecular weight is 345 g/mol. The van der Waals surface area contributed by atoms with Crippen LogP contribution in [-0.2, 0) is 4.74 Å². The van der Waals surface area contributed by atoms with Crippen molar-refractivity contribution in [2.45, 2.75) is 58.1 Å². The molecule has 0 bridgehead atoms. The van der Waals surface area contributed by atoms with Gasteiger partial charge in [-0.1, -0.05) is 43.4 Å². The molecule has 0 amide bonds. The maximum absolute atomic E-state index is 5.41. The van der Waals surface area contributed by atoms with Gasteiger partial charge in [-0.3, -0.25) is 4.90 Å². The van der Waals surface area contributed by atoms with Gasteiger partial charge in [0, 0.05) is 39.0 Å². The van der Waals surface area contributed by atoms with Crippen LogP contribution in [0.15, 0.2) is 48.2 Å². The van der Waals surface area contributed by atoms with E-state index in [1.807, 2.05) is 19.4 Å². The lowest BCUT2D eigenvalue weighted by atomic mass is 9.79. The third-order valence-electron chi connectivity index (χ3n) is 5.66. The summed E-state index contributed by atoms with van der Waals surface area (Å²) in [7, 11) is 1.83. The highest BCUT2D eigenvalue weighted by Gasteiger charge is 2.34. The van der Waals surface area contributed by atoms with Crippen LogP contribution < -0.4 is 5.32 Å². The molecule has 1 saturated carbocycles. The second-order valence-corrected chi connectivity index (χ2v) is 7.18. The summed E-state index contributed by atoms with van der Waals surface area (Å²) in [5.74, 6) is 0.760. The van der Waals surface area contributed by atoms with Crippen molar-refractivity contribution in [3.05, 3.63) is 48.2 Å². The number of methoxy groups -OCH3 is 1. The fraction of sp³-hybridized carbons (Fsp3) is 0.636. The van der Waals surface area contributed by atoms with Crippen LogP contribution in [0.1, 0.15) is 46.0 Å². The first-order valence-electron chi connectivity index (χ1n) is 9.91. The zero-order chi connectivity index (χ0) is 18.1. The van der Waals surface area contributed by atoms with Crippen LogP contribution in [0.4, 0.5) is 0 Å². The molecule has 1 N–H and O–H groups in total. The topological polar surface area (TPSA) is 24.5 Å². The molecule has 3 heteroatoms. The Morgan fingerprint density at radius 2 is 1.92 bits per heavy atom. The Labute approximate surface area is 154 Å². The van der Waals surface area contributed by atoms with Gasteiger partial charge in [-0.25, -0.2) is 0 Å². The predicted molar refractivity (Wildman–Crippen MR) is 108 cm³/mol. The Bertz CT molecular complexity index is 492. The van der Waals surface area contributed by atoms with E-state index in [1.54, 1.807) is 5.57 Å². The molecular formula is C22H36N2O. The molecule has 1 aliphatic heterocycles. The fourth-order valence-electron chi connectivity index (χ4n) is 3.95. The van der Waals surface area contributed by atoms with Crippen molar-refractivity contribution in [2.24, 2.45) is 5.92 Å². The highest BCUT2D eigenvalue weighted by molar-refractivity contribution is 5.31. The number of ether oxygens (including phenoxy) is 1. The van der Waals surface area contributed by atoms with Crippen LogP contribution in [0.5, 0.6) is 0 Å². The lowest BCUT2D eigenvalue weighted by Gasteiger charge is -2.46. The second-order valence-electron chi connectivity index (χ2n) is 7.18. The van der Waals surface area contributed by atoms with Gasteiger partial charge >= 0.3 is 0 Å². The van der Waals surface area contributed by atoms with Gasteiger partial charge < -0.3 is 10.1 Å². The van der Waals surface area contributed by atoms with Crippen molar-refractivity contribution in [2.75, 3.05) is 26.7 Å². The van der Waals surface area contributed by atoms with Crippen molar-refractivity contribution in [3.63, 3.8) is 0 Å². The zero-order valence-electron chi connectivity index (χ0n) is 16.3. The molecule has 2 fully saturated rings. The molecular weight excluding hydrogens is 308 g/mol. The average Bonchev–Trinajstić information content (AvgIpc) is 2.61. The van der Waals surface area contributed by atoms with E-state index in [2.05, 4.69) is 48.9 Å². The summed E-state index contributed by atoms with van der Waals surface area (Å²) < 4.78 is 5.41. The Hall–Kier alpha value is -1.32. The Balaban J connectivity index is 1.84. The minimum Gasteiger partial charge on any atom is -0.391 e. The molecule has 2 aliphatic rings. The molecule has 0 aromatic carbocycles. The molecule has 0 unspecified atom stereocenters. The van der Waals surface area contributed by atoms with Crippen molar-refractivity contribution < 1.29 is 4.74 Å². The summed E-state index contributed by atoms with van der Waals surface area (Å²) in [4.78, 5) is 2.61. The van der Waals surface area contributed by atoms with Gasteiger partial charge in [-0.05, 0) is 50.5 Å². The molecule has 0 aromatic rings. The van der Waals surface area contributed by atoms with E-state index < -0.39 is 0 Å². The van der Waals surface area contributed by atoms with Gasteiger partial charge in [0.15, 0.2) is 0 Å². The van der Waals surface area contributed by atoms with Crippen LogP contribution in [0.25, 0.3) is 0 Å². The normalized spacial score (nSPS) is 26.7. The van der Waals surface area contributed by atoms with Crippen LogP contribution in [-0.4, -0.2) is 43.8 Å². The maximum atomic E-state index is 5.41. The minimum absolute atomic E-state index is 0.475. The molecule has 0 spiro atoms. The molecule has 1 aliphatic carbocycles. The van der Waals surface area contributed by atoms with Crippen molar-refractivity contribution in [1.82, 2.24) is 10.2 Å². The molecule has 0 atom stereocenters. The number of hydrogen-bond acceptors (Lipinski definition) is 3. The number of nitrogens with zero attached hydrogens (tertiary/aromatic N) is 1. The fourth-order valence-corrected chi connectivity index (χ4v) is 3.95. The van der Waals surface area contributed by atoms with Crippen LogP contribution in [0.3, 0.4) is 0 Å². The first-order valence-corrected chi connectivity index (χ1v) is 9.91. The standard InChI is InChI=1S/C22H36N2O/c1-5-18(15-23-7-3)9-8-10-19(6-2)20-11-13-21(14-12-20)24-16-22(17-24)25-4/h5,8-10,15,20-23H,1,6-7,11-14,16-17H2,2-4H3/b9-8-,18-15+,19-10-. The summed E-state index contributed by atoms with van der Waals surface area (Å²) in [6, 6.07) is 0.784. The second kappa shape index (κ2) is 10.6. The van der Waals surface area contributed by atoms with Gasteiger partial charge in [0.25, 0.3) is 0 Å². The third kappa shape index (κ3) is 5.86. The summed E-state index contributed by atoms with van der Waals surface area (Å²) in [5, 5.41) is 3.23. The van der Waals surface area contributed by atoms with E-state index >= 15 is 0 Å². The quantitative estimate of drug-likeness (QED) is 0.626. The Kier molecular flexibility index (Phi) is 8.50. The van der Waals surface area contributed by atoms with E-state index in [0.29, 0.717) is 6.10 Å². The number of rotatable bonds is 9. The van der Waals surface area contributed by atoms with Gasteiger partial charge in [-0.2, -0.15) is 0 Å². The molecule has 1 heterocycles. The molecule has 0 aromatic heterocycles. The van der Waals surface area contributed by atoms with Crippen LogP contribution in [0.2, 0.25) is 0 Å². The number of hydrogen-bond donors (Lipinski definition) is 1. The Morgan fingerprint density at radius 3 is 2.48 bits per heavy atom. The molecule has 0 radical (unpaired) electrons. The van der Waals surface area contributed by atoms with Gasteiger partial charge in [0.2, 0.25) is 0 Å². The molecule has 3 nitrogen and oxygen atoms in total. The Morgan fingerprint density at radius 1 is 1.20 bits per heavy atom. The van der Waals surface area contributed by atoms with Crippen LogP contribution >= 0.6 is 0 Å². The number of nitrogens with one attached hydrogen (secondary N) is 1. The predicted octanol–water partition coefficient (Wildman–Crippen LogP) is 4.45. The first-order chi connectivity index (χ1) is 12.2. The van der Waals surface area contributed by atoms with Crippen molar-refractivity contribution in [3.8, 4) is 0 Å². The van der Waals surface area contributed by atoms with Crippen molar-refractivity contribution in [1.29, 1.82) is 0 Å². The van der Waals surface area contributed by atoms with Gasteiger partial charge in [0.05, 0.1) is 6.10 Å². The summed E-state index contributed by atoms with van der Waals surface area (Å²) in [6.45, 7) is 11.5. The van der Waals surface area contributed by atoms with Gasteiger partial charge in [-0.15, -0.1) is 0 Å². The molecule has 140 valence electrons. The summed E-state index contributed by atoms with van der Waals surface area (Å²) >= 11 is 0. The van der Waals surface area contributed by atoms with Crippen LogP contribution in [0, 0.1) is 5.92 Å². The van der Waals surface area contributed by atoms with E-state index in [-0.39, 0.29) is 0 Å². The molecule has 1 saturated heterocycles. The highest BCUT2D eigenvalue weighted by atomic mass is 16.5. The third-order valence-corrected chi connectivity index (χ3v) is 5.66. The van der Waals surface area contributed by atoms with E-state index in [1.165, 1.54) is 25.7 Å². The zero-order valence-corrected chi connectivity index (χ0v) is 16.3. The largest absolute Gasteiger partial charge is 0.391 e. The molecule has 25 heavy (non-hydrogen) atoms. The monoisotopic (exact) mass is 344 g/mol. The SMILES string of the molecule is C=CC(/C=C\C=C(\CC)C1CCC(N2CC(OC)C2)CC1)=C\NCC. The number of likely N-dealkylation sites (tertiary alicyclic amines) is 1. The first kappa shape index (κ1) is 20.0.